The van der Waals surface area contributed by atoms with Gasteiger partial charge in [0.25, 0.3) is 0 Å². The molecule has 2 aliphatic rings. The molecule has 0 spiro atoms. The van der Waals surface area contributed by atoms with Crippen LogP contribution in [0.5, 0.6) is 0 Å². The molecule has 2 saturated heterocycles. The van der Waals surface area contributed by atoms with Crippen molar-refractivity contribution in [2.45, 2.75) is 31.7 Å². The quantitative estimate of drug-likeness (QED) is 0.607. The molecule has 0 bridgehead atoms. The van der Waals surface area contributed by atoms with Crippen molar-refractivity contribution in [3.05, 3.63) is 0 Å². The first-order valence-corrected chi connectivity index (χ1v) is 7.25. The maximum atomic E-state index is 3.44. The minimum absolute atomic E-state index is 0.759. The lowest BCUT2D eigenvalue weighted by atomic mass is 9.96. The lowest BCUT2D eigenvalue weighted by Gasteiger charge is -2.35. The maximum absolute atomic E-state index is 3.44. The lowest BCUT2D eigenvalue weighted by molar-refractivity contribution is 0.166. The van der Waals surface area contributed by atoms with Gasteiger partial charge in [-0.15, -0.1) is 0 Å². The third-order valence-corrected chi connectivity index (χ3v) is 4.60. The molecule has 0 aromatic carbocycles. The van der Waals surface area contributed by atoms with Crippen molar-refractivity contribution < 1.29 is 0 Å². The first kappa shape index (κ1) is 12.1. The Balaban J connectivity index is 1.67. The van der Waals surface area contributed by atoms with E-state index in [4.69, 9.17) is 0 Å². The molecular formula is C11H22IN3. The fourth-order valence-electron chi connectivity index (χ4n) is 2.65. The van der Waals surface area contributed by atoms with Gasteiger partial charge in [0.2, 0.25) is 0 Å². The second-order valence-corrected chi connectivity index (χ2v) is 5.50. The van der Waals surface area contributed by atoms with E-state index in [2.05, 4.69) is 36.6 Å². The van der Waals surface area contributed by atoms with Gasteiger partial charge in [0.05, 0.1) is 0 Å². The highest BCUT2D eigenvalue weighted by molar-refractivity contribution is 14.1. The van der Waals surface area contributed by atoms with Crippen LogP contribution in [-0.2, 0) is 0 Å². The number of hydrogen-bond donors (Lipinski definition) is 2. The largest absolute Gasteiger partial charge is 0.317 e. The molecule has 2 heterocycles. The van der Waals surface area contributed by atoms with Crippen molar-refractivity contribution in [2.24, 2.45) is 5.92 Å². The third-order valence-electron chi connectivity index (χ3n) is 3.72. The van der Waals surface area contributed by atoms with Crippen molar-refractivity contribution in [1.82, 2.24) is 13.7 Å². The van der Waals surface area contributed by atoms with E-state index >= 15 is 0 Å². The molecule has 0 atom stereocenters. The summed E-state index contributed by atoms with van der Waals surface area (Å²) in [5, 5.41) is 3.44. The SMILES string of the molecule is INC1CCN(CC2CCNCC2)CC1. The van der Waals surface area contributed by atoms with Gasteiger partial charge in [0.15, 0.2) is 0 Å². The van der Waals surface area contributed by atoms with Gasteiger partial charge in [0, 0.05) is 35.5 Å². The van der Waals surface area contributed by atoms with Crippen LogP contribution in [0.2, 0.25) is 0 Å². The van der Waals surface area contributed by atoms with Crippen LogP contribution >= 0.6 is 22.9 Å². The smallest absolute Gasteiger partial charge is 0.0187 e. The van der Waals surface area contributed by atoms with Crippen molar-refractivity contribution in [3.63, 3.8) is 0 Å². The highest BCUT2D eigenvalue weighted by Crippen LogP contribution is 2.17. The molecule has 0 aromatic heterocycles. The number of rotatable bonds is 3. The number of hydrogen-bond acceptors (Lipinski definition) is 3. The molecule has 4 heteroatoms. The minimum atomic E-state index is 0.759. The zero-order chi connectivity index (χ0) is 10.5. The van der Waals surface area contributed by atoms with E-state index in [1.54, 1.807) is 0 Å². The van der Waals surface area contributed by atoms with Gasteiger partial charge in [-0.2, -0.15) is 0 Å². The Bertz CT molecular complexity index is 175. The fraction of sp³-hybridized carbons (Fsp3) is 1.00. The Morgan fingerprint density at radius 1 is 1.13 bits per heavy atom. The van der Waals surface area contributed by atoms with Crippen LogP contribution in [-0.4, -0.2) is 43.7 Å². The Morgan fingerprint density at radius 3 is 2.40 bits per heavy atom. The monoisotopic (exact) mass is 323 g/mol. The van der Waals surface area contributed by atoms with Crippen LogP contribution in [0.25, 0.3) is 0 Å². The van der Waals surface area contributed by atoms with E-state index in [0.29, 0.717) is 0 Å². The number of nitrogens with one attached hydrogen (secondary N) is 2. The van der Waals surface area contributed by atoms with Crippen LogP contribution in [0, 0.1) is 5.92 Å². The normalized spacial score (nSPS) is 27.0. The fourth-order valence-corrected chi connectivity index (χ4v) is 3.28. The summed E-state index contributed by atoms with van der Waals surface area (Å²) in [4.78, 5) is 2.67. The van der Waals surface area contributed by atoms with Crippen LogP contribution in [0.3, 0.4) is 0 Å². The predicted octanol–water partition coefficient (Wildman–Crippen LogP) is 1.39. The summed E-state index contributed by atoms with van der Waals surface area (Å²) in [6.45, 7) is 6.40. The Labute approximate surface area is 107 Å². The summed E-state index contributed by atoms with van der Waals surface area (Å²) in [5.41, 5.74) is 0. The van der Waals surface area contributed by atoms with Crippen molar-refractivity contribution in [2.75, 3.05) is 32.7 Å². The second-order valence-electron chi connectivity index (χ2n) is 4.88. The van der Waals surface area contributed by atoms with Gasteiger partial charge in [-0.25, -0.2) is 0 Å². The second kappa shape index (κ2) is 6.37. The average molecular weight is 323 g/mol. The highest BCUT2D eigenvalue weighted by atomic mass is 127. The summed E-state index contributed by atoms with van der Waals surface area (Å²) in [6.07, 6.45) is 5.41. The van der Waals surface area contributed by atoms with Gasteiger partial charge in [-0.05, 0) is 57.8 Å². The van der Waals surface area contributed by atoms with Gasteiger partial charge in [0.1, 0.15) is 0 Å². The Morgan fingerprint density at radius 2 is 1.80 bits per heavy atom. The number of nitrogens with zero attached hydrogens (tertiary/aromatic N) is 1. The molecule has 2 fully saturated rings. The Hall–Kier alpha value is 0.610. The van der Waals surface area contributed by atoms with Gasteiger partial charge < -0.3 is 10.2 Å². The summed E-state index contributed by atoms with van der Waals surface area (Å²) in [7, 11) is 0. The standard InChI is InChI=1S/C11H22IN3/c12-14-11-3-7-15(8-4-11)9-10-1-5-13-6-2-10/h10-11,13-14H,1-9H2. The van der Waals surface area contributed by atoms with E-state index in [1.807, 2.05) is 0 Å². The zero-order valence-electron chi connectivity index (χ0n) is 9.34. The van der Waals surface area contributed by atoms with Gasteiger partial charge in [-0.3, -0.25) is 3.53 Å². The third kappa shape index (κ3) is 3.84. The predicted molar refractivity (Wildman–Crippen MR) is 72.2 cm³/mol. The maximum Gasteiger partial charge on any atom is 0.0187 e. The summed E-state index contributed by atoms with van der Waals surface area (Å²) in [6, 6.07) is 0.759. The first-order valence-electron chi connectivity index (χ1n) is 6.17. The van der Waals surface area contributed by atoms with Crippen LogP contribution < -0.4 is 8.85 Å². The first-order chi connectivity index (χ1) is 7.38. The molecule has 0 amide bonds. The Kier molecular flexibility index (Phi) is 5.13. The van der Waals surface area contributed by atoms with Crippen LogP contribution in [0.1, 0.15) is 25.7 Å². The van der Waals surface area contributed by atoms with E-state index in [1.165, 1.54) is 58.4 Å². The molecule has 15 heavy (non-hydrogen) atoms. The molecule has 2 rings (SSSR count). The van der Waals surface area contributed by atoms with E-state index in [-0.39, 0.29) is 0 Å². The number of halogens is 1. The van der Waals surface area contributed by atoms with Gasteiger partial charge >= 0.3 is 0 Å². The molecule has 0 aliphatic carbocycles. The number of piperidine rings is 2. The molecule has 0 unspecified atom stereocenters. The van der Waals surface area contributed by atoms with Crippen LogP contribution in [0.15, 0.2) is 0 Å². The van der Waals surface area contributed by atoms with Crippen LogP contribution in [0.4, 0.5) is 0 Å². The molecule has 0 aromatic rings. The topological polar surface area (TPSA) is 27.3 Å². The number of likely N-dealkylation sites (tertiary alicyclic amines) is 1. The average Bonchev–Trinajstić information content (AvgIpc) is 2.31. The molecule has 2 N–H and O–H groups in total. The molecule has 2 aliphatic heterocycles. The molecule has 0 saturated carbocycles. The van der Waals surface area contributed by atoms with Crippen molar-refractivity contribution in [3.8, 4) is 0 Å². The van der Waals surface area contributed by atoms with E-state index < -0.39 is 0 Å². The molecular weight excluding hydrogens is 301 g/mol. The lowest BCUT2D eigenvalue weighted by Crippen LogP contribution is -2.43. The summed E-state index contributed by atoms with van der Waals surface area (Å²) < 4.78 is 3.36. The van der Waals surface area contributed by atoms with Crippen molar-refractivity contribution in [1.29, 1.82) is 0 Å². The summed E-state index contributed by atoms with van der Waals surface area (Å²) in [5.74, 6) is 0.954. The molecule has 3 nitrogen and oxygen atoms in total. The highest BCUT2D eigenvalue weighted by Gasteiger charge is 2.21. The van der Waals surface area contributed by atoms with Crippen molar-refractivity contribution >= 4 is 22.9 Å². The van der Waals surface area contributed by atoms with Gasteiger partial charge in [-0.1, -0.05) is 0 Å². The molecule has 0 radical (unpaired) electrons. The molecule has 88 valence electrons. The minimum Gasteiger partial charge on any atom is -0.317 e. The van der Waals surface area contributed by atoms with E-state index in [9.17, 15) is 0 Å². The van der Waals surface area contributed by atoms with E-state index in [0.717, 1.165) is 12.0 Å². The zero-order valence-corrected chi connectivity index (χ0v) is 11.5. The summed E-state index contributed by atoms with van der Waals surface area (Å²) >= 11 is 2.29.